The van der Waals surface area contributed by atoms with E-state index in [9.17, 15) is 14.4 Å². The van der Waals surface area contributed by atoms with Gasteiger partial charge in [0.05, 0.1) is 30.7 Å². The molecule has 1 saturated heterocycles. The largest absolute Gasteiger partial charge is 0.468 e. The van der Waals surface area contributed by atoms with Crippen LogP contribution in [0.15, 0.2) is 30.6 Å². The highest BCUT2D eigenvalue weighted by Crippen LogP contribution is 2.56. The highest BCUT2D eigenvalue weighted by Gasteiger charge is 2.60. The van der Waals surface area contributed by atoms with Crippen molar-refractivity contribution in [2.45, 2.75) is 77.8 Å². The van der Waals surface area contributed by atoms with E-state index in [1.807, 2.05) is 25.3 Å². The lowest BCUT2D eigenvalue weighted by molar-refractivity contribution is -0.163. The molecule has 0 bridgehead atoms. The van der Waals surface area contributed by atoms with Gasteiger partial charge in [0.1, 0.15) is 5.69 Å². The van der Waals surface area contributed by atoms with E-state index in [-0.39, 0.29) is 35.6 Å². The predicted molar refractivity (Wildman–Crippen MR) is 150 cm³/mol. The number of aryl methyl sites for hydroxylation is 1. The molecule has 3 fully saturated rings. The molecule has 1 unspecified atom stereocenters. The molecule has 4 heterocycles. The fraction of sp³-hybridized carbons (Fsp3) is 0.600. The molecule has 2 N–H and O–H groups in total. The number of piperidine rings is 1. The molecular weight excluding hydrogens is 522 g/mol. The van der Waals surface area contributed by atoms with Gasteiger partial charge in [0.15, 0.2) is 11.1 Å². The number of imidazole rings is 1. The molecule has 2 aliphatic carbocycles. The molecule has 3 aromatic heterocycles. The van der Waals surface area contributed by atoms with Gasteiger partial charge in [0, 0.05) is 25.7 Å². The molecule has 3 aromatic rings. The summed E-state index contributed by atoms with van der Waals surface area (Å²) in [7, 11) is 1.33. The van der Waals surface area contributed by atoms with Gasteiger partial charge in [-0.05, 0) is 74.5 Å². The topological polar surface area (TPSA) is 133 Å². The van der Waals surface area contributed by atoms with Crippen LogP contribution in [0.25, 0.3) is 5.65 Å². The second-order valence-corrected chi connectivity index (χ2v) is 12.4. The van der Waals surface area contributed by atoms with Crippen molar-refractivity contribution in [2.75, 3.05) is 13.7 Å². The fourth-order valence-corrected chi connectivity index (χ4v) is 6.86. The molecule has 0 aromatic carbocycles. The maximum absolute atomic E-state index is 13.4. The van der Waals surface area contributed by atoms with Crippen LogP contribution in [-0.2, 0) is 27.3 Å². The SMILES string of the molecule is CCn1nccc1C(=O)N[C@H](c1cn2nc(CC3(C(=O)OC)CC4(CC4)CNC3=O)ccc2n1)[C@H]1CC[C@H](C)CC1. The van der Waals surface area contributed by atoms with Crippen molar-refractivity contribution in [2.24, 2.45) is 22.7 Å². The lowest BCUT2D eigenvalue weighted by atomic mass is 9.71. The number of hydrogen-bond donors (Lipinski definition) is 2. The molecule has 41 heavy (non-hydrogen) atoms. The minimum Gasteiger partial charge on any atom is -0.468 e. The lowest BCUT2D eigenvalue weighted by Crippen LogP contribution is -2.56. The van der Waals surface area contributed by atoms with E-state index in [4.69, 9.17) is 14.8 Å². The molecule has 1 spiro atoms. The third-order valence-electron chi connectivity index (χ3n) is 9.53. The van der Waals surface area contributed by atoms with Gasteiger partial charge in [-0.15, -0.1) is 0 Å². The minimum absolute atomic E-state index is 0.0234. The third-order valence-corrected chi connectivity index (χ3v) is 9.53. The normalized spacial score (nSPS) is 26.0. The molecule has 2 amide bonds. The number of esters is 1. The number of nitrogens with one attached hydrogen (secondary N) is 2. The Labute approximate surface area is 239 Å². The van der Waals surface area contributed by atoms with Crippen LogP contribution in [0.1, 0.15) is 86.7 Å². The first-order valence-corrected chi connectivity index (χ1v) is 14.8. The van der Waals surface area contributed by atoms with E-state index >= 15 is 0 Å². The summed E-state index contributed by atoms with van der Waals surface area (Å²) in [4.78, 5) is 44.4. The van der Waals surface area contributed by atoms with Gasteiger partial charge in [-0.25, -0.2) is 9.50 Å². The van der Waals surface area contributed by atoms with Crippen molar-refractivity contribution in [1.82, 2.24) is 35.0 Å². The maximum atomic E-state index is 13.4. The van der Waals surface area contributed by atoms with Gasteiger partial charge in [-0.3, -0.25) is 19.1 Å². The van der Waals surface area contributed by atoms with Crippen molar-refractivity contribution in [3.63, 3.8) is 0 Å². The van der Waals surface area contributed by atoms with E-state index in [1.54, 1.807) is 21.5 Å². The zero-order valence-corrected chi connectivity index (χ0v) is 24.1. The molecule has 0 radical (unpaired) electrons. The number of methoxy groups -OCH3 is 1. The summed E-state index contributed by atoms with van der Waals surface area (Å²) < 4.78 is 8.54. The Morgan fingerprint density at radius 3 is 2.68 bits per heavy atom. The van der Waals surface area contributed by atoms with Crippen LogP contribution in [-0.4, -0.2) is 55.8 Å². The summed E-state index contributed by atoms with van der Waals surface area (Å²) in [6, 6.07) is 5.15. The van der Waals surface area contributed by atoms with Gasteiger partial charge in [-0.1, -0.05) is 19.8 Å². The number of rotatable bonds is 8. The van der Waals surface area contributed by atoms with Crippen LogP contribution in [0.4, 0.5) is 0 Å². The molecule has 3 aliphatic rings. The second-order valence-electron chi connectivity index (χ2n) is 12.4. The quantitative estimate of drug-likeness (QED) is 0.319. The zero-order chi connectivity index (χ0) is 28.8. The lowest BCUT2D eigenvalue weighted by Gasteiger charge is -2.37. The zero-order valence-electron chi connectivity index (χ0n) is 24.1. The first-order chi connectivity index (χ1) is 19.8. The summed E-state index contributed by atoms with van der Waals surface area (Å²) in [5, 5.41) is 15.3. The Bertz CT molecular complexity index is 1460. The Morgan fingerprint density at radius 2 is 1.98 bits per heavy atom. The molecule has 2 atom stereocenters. The highest BCUT2D eigenvalue weighted by atomic mass is 16.5. The molecule has 1 aliphatic heterocycles. The second kappa shape index (κ2) is 10.6. The van der Waals surface area contributed by atoms with Crippen molar-refractivity contribution >= 4 is 23.4 Å². The van der Waals surface area contributed by atoms with E-state index in [0.29, 0.717) is 42.5 Å². The number of fused-ring (bicyclic) bond motifs is 1. The Balaban J connectivity index is 1.30. The van der Waals surface area contributed by atoms with Crippen LogP contribution >= 0.6 is 0 Å². The van der Waals surface area contributed by atoms with E-state index in [0.717, 1.165) is 44.2 Å². The number of carbonyl (C=O) groups is 3. The number of ether oxygens (including phenoxy) is 1. The van der Waals surface area contributed by atoms with Crippen LogP contribution in [0, 0.1) is 22.7 Å². The molecule has 218 valence electrons. The summed E-state index contributed by atoms with van der Waals surface area (Å²) in [6.45, 7) is 5.45. The van der Waals surface area contributed by atoms with Crippen molar-refractivity contribution in [3.05, 3.63) is 47.7 Å². The highest BCUT2D eigenvalue weighted by molar-refractivity contribution is 6.03. The monoisotopic (exact) mass is 561 g/mol. The van der Waals surface area contributed by atoms with Crippen molar-refractivity contribution < 1.29 is 19.1 Å². The number of amides is 2. The fourth-order valence-electron chi connectivity index (χ4n) is 6.86. The molecule has 2 saturated carbocycles. The van der Waals surface area contributed by atoms with Gasteiger partial charge in [0.2, 0.25) is 5.91 Å². The number of aromatic nitrogens is 5. The smallest absolute Gasteiger partial charge is 0.321 e. The van der Waals surface area contributed by atoms with E-state index in [1.165, 1.54) is 7.11 Å². The molecule has 11 heteroatoms. The standard InChI is InChI=1S/C30H39N7O4/c1-4-36-23(11-14-32-36)26(38)34-25(20-7-5-19(2)6-8-20)22-16-37-24(33-22)10-9-21(35-37)15-30(28(40)41-3)17-29(12-13-29)18-31-27(30)39/h9-11,14,16,19-20,25H,4-8,12-13,15,17-18H2,1-3H3,(H,31,39)(H,34,38)/t19-,20-,25-,30?/m0/s1. The Kier molecular flexibility index (Phi) is 7.07. The number of hydrogen-bond acceptors (Lipinski definition) is 7. The van der Waals surface area contributed by atoms with Crippen LogP contribution in [0.2, 0.25) is 0 Å². The minimum atomic E-state index is -1.30. The van der Waals surface area contributed by atoms with Crippen molar-refractivity contribution in [3.8, 4) is 0 Å². The Hall–Kier alpha value is -3.76. The van der Waals surface area contributed by atoms with Gasteiger partial charge < -0.3 is 15.4 Å². The number of nitrogens with zero attached hydrogens (tertiary/aromatic N) is 5. The summed E-state index contributed by atoms with van der Waals surface area (Å²) in [6.07, 6.45) is 10.4. The first-order valence-electron chi connectivity index (χ1n) is 14.8. The maximum Gasteiger partial charge on any atom is 0.321 e. The van der Waals surface area contributed by atoms with E-state index < -0.39 is 11.4 Å². The summed E-state index contributed by atoms with van der Waals surface area (Å²) in [5.41, 5.74) is 1.21. The molecular formula is C30H39N7O4. The van der Waals surface area contributed by atoms with Crippen molar-refractivity contribution in [1.29, 1.82) is 0 Å². The average Bonchev–Trinajstić information content (AvgIpc) is 3.34. The van der Waals surface area contributed by atoms with Gasteiger partial charge in [-0.2, -0.15) is 10.2 Å². The van der Waals surface area contributed by atoms with Gasteiger partial charge >= 0.3 is 5.97 Å². The molecule has 11 nitrogen and oxygen atoms in total. The summed E-state index contributed by atoms with van der Waals surface area (Å²) in [5.74, 6) is -0.0642. The average molecular weight is 562 g/mol. The first kappa shape index (κ1) is 27.4. The van der Waals surface area contributed by atoms with Crippen LogP contribution in [0.5, 0.6) is 0 Å². The van der Waals surface area contributed by atoms with Crippen LogP contribution in [0.3, 0.4) is 0 Å². The third kappa shape index (κ3) is 5.10. The van der Waals surface area contributed by atoms with E-state index in [2.05, 4.69) is 22.7 Å². The predicted octanol–water partition coefficient (Wildman–Crippen LogP) is 3.25. The molecule has 6 rings (SSSR count). The Morgan fingerprint density at radius 1 is 1.20 bits per heavy atom. The van der Waals surface area contributed by atoms with Crippen LogP contribution < -0.4 is 10.6 Å². The number of carbonyl (C=O) groups excluding carboxylic acids is 3. The summed E-state index contributed by atoms with van der Waals surface area (Å²) >= 11 is 0. The van der Waals surface area contributed by atoms with Gasteiger partial charge in [0.25, 0.3) is 5.91 Å².